The van der Waals surface area contributed by atoms with Crippen LogP contribution in [0, 0.1) is 22.9 Å². The third kappa shape index (κ3) is 3.47. The lowest BCUT2D eigenvalue weighted by molar-refractivity contribution is -0.383. The number of halogens is 1. The van der Waals surface area contributed by atoms with Gasteiger partial charge in [-0.3, -0.25) is 14.9 Å². The summed E-state index contributed by atoms with van der Waals surface area (Å²) in [6.07, 6.45) is 1.46. The van der Waals surface area contributed by atoms with E-state index in [1.165, 1.54) is 42.2 Å². The zero-order valence-corrected chi connectivity index (χ0v) is 14.6. The molecule has 0 saturated carbocycles. The summed E-state index contributed by atoms with van der Waals surface area (Å²) < 4.78 is 15.4. The van der Waals surface area contributed by atoms with Gasteiger partial charge in [-0.25, -0.2) is 9.07 Å². The molecule has 0 atom stereocenters. The zero-order valence-electron chi connectivity index (χ0n) is 14.6. The van der Waals surface area contributed by atoms with Gasteiger partial charge < -0.3 is 10.6 Å². The second kappa shape index (κ2) is 7.24. The fourth-order valence-corrected chi connectivity index (χ4v) is 2.62. The van der Waals surface area contributed by atoms with Gasteiger partial charge in [0.1, 0.15) is 17.2 Å². The number of hydrogen-bond donors (Lipinski definition) is 2. The van der Waals surface area contributed by atoms with Crippen molar-refractivity contribution in [3.8, 4) is 5.69 Å². The molecular weight excluding hydrogens is 353 g/mol. The molecule has 0 fully saturated rings. The van der Waals surface area contributed by atoms with E-state index in [4.69, 9.17) is 0 Å². The highest BCUT2D eigenvalue weighted by molar-refractivity contribution is 5.95. The van der Waals surface area contributed by atoms with E-state index in [0.29, 0.717) is 11.4 Å². The lowest BCUT2D eigenvalue weighted by atomic mass is 10.1. The highest BCUT2D eigenvalue weighted by Crippen LogP contribution is 2.30. The second-order valence-corrected chi connectivity index (χ2v) is 5.70. The Balaban J connectivity index is 1.98. The average molecular weight is 369 g/mol. The summed E-state index contributed by atoms with van der Waals surface area (Å²) in [4.78, 5) is 22.5. The van der Waals surface area contributed by atoms with Crippen molar-refractivity contribution in [2.75, 3.05) is 12.4 Å². The molecule has 0 saturated heterocycles. The van der Waals surface area contributed by atoms with Crippen LogP contribution in [-0.4, -0.2) is 27.7 Å². The Morgan fingerprint density at radius 2 is 1.96 bits per heavy atom. The Hall–Kier alpha value is -3.75. The number of nitrogens with zero attached hydrogens (tertiary/aromatic N) is 3. The number of para-hydroxylation sites is 1. The molecule has 2 N–H and O–H groups in total. The maximum absolute atomic E-state index is 14.0. The van der Waals surface area contributed by atoms with E-state index >= 15 is 0 Å². The minimum absolute atomic E-state index is 0.175. The predicted molar refractivity (Wildman–Crippen MR) is 98.0 cm³/mol. The Morgan fingerprint density at radius 3 is 2.63 bits per heavy atom. The van der Waals surface area contributed by atoms with Crippen molar-refractivity contribution in [3.05, 3.63) is 75.9 Å². The Bertz CT molecular complexity index is 1030. The Morgan fingerprint density at radius 1 is 1.22 bits per heavy atom. The van der Waals surface area contributed by atoms with Gasteiger partial charge >= 0.3 is 0 Å². The molecule has 138 valence electrons. The van der Waals surface area contributed by atoms with Crippen molar-refractivity contribution in [2.24, 2.45) is 0 Å². The molecule has 0 spiro atoms. The summed E-state index contributed by atoms with van der Waals surface area (Å²) in [6.45, 7) is 1.71. The molecule has 9 heteroatoms. The number of carbonyl (C=O) groups excluding carboxylic acids is 1. The van der Waals surface area contributed by atoms with Crippen LogP contribution in [0.25, 0.3) is 5.69 Å². The Kier molecular flexibility index (Phi) is 4.84. The van der Waals surface area contributed by atoms with Crippen molar-refractivity contribution >= 4 is 23.0 Å². The van der Waals surface area contributed by atoms with Gasteiger partial charge in [-0.1, -0.05) is 12.1 Å². The number of hydrogen-bond acceptors (Lipinski definition) is 5. The first kappa shape index (κ1) is 18.1. The first-order valence-corrected chi connectivity index (χ1v) is 7.99. The number of nitro benzene ring substituents is 1. The quantitative estimate of drug-likeness (QED) is 0.530. The first-order valence-electron chi connectivity index (χ1n) is 7.99. The van der Waals surface area contributed by atoms with Gasteiger partial charge in [0.15, 0.2) is 0 Å². The van der Waals surface area contributed by atoms with Crippen LogP contribution in [-0.2, 0) is 0 Å². The zero-order chi connectivity index (χ0) is 19.6. The molecule has 3 rings (SSSR count). The van der Waals surface area contributed by atoms with Crippen LogP contribution in [0.1, 0.15) is 16.1 Å². The molecule has 2 aromatic carbocycles. The number of aromatic nitrogens is 2. The first-order chi connectivity index (χ1) is 12.9. The van der Waals surface area contributed by atoms with Crippen molar-refractivity contribution in [1.29, 1.82) is 0 Å². The third-order valence-corrected chi connectivity index (χ3v) is 4.04. The van der Waals surface area contributed by atoms with E-state index in [2.05, 4.69) is 15.7 Å². The van der Waals surface area contributed by atoms with Crippen LogP contribution < -0.4 is 10.6 Å². The van der Waals surface area contributed by atoms with Gasteiger partial charge in [0.05, 0.1) is 22.5 Å². The molecular formula is C18H16FN5O3. The average Bonchev–Trinajstić information content (AvgIpc) is 3.02. The molecule has 0 aliphatic carbocycles. The second-order valence-electron chi connectivity index (χ2n) is 5.70. The molecule has 0 bridgehead atoms. The van der Waals surface area contributed by atoms with Crippen molar-refractivity contribution in [3.63, 3.8) is 0 Å². The fourth-order valence-electron chi connectivity index (χ4n) is 2.62. The normalized spacial score (nSPS) is 10.5. The third-order valence-electron chi connectivity index (χ3n) is 4.04. The maximum Gasteiger partial charge on any atom is 0.293 e. The van der Waals surface area contributed by atoms with Gasteiger partial charge in [0.25, 0.3) is 11.6 Å². The van der Waals surface area contributed by atoms with Crippen LogP contribution in [0.2, 0.25) is 0 Å². The largest absolute Gasteiger partial charge is 0.355 e. The summed E-state index contributed by atoms with van der Waals surface area (Å²) >= 11 is 0. The highest BCUT2D eigenvalue weighted by atomic mass is 19.1. The Labute approximate surface area is 153 Å². The lowest BCUT2D eigenvalue weighted by Gasteiger charge is -2.09. The summed E-state index contributed by atoms with van der Waals surface area (Å²) in [7, 11) is 1.45. The number of anilines is 2. The summed E-state index contributed by atoms with van der Waals surface area (Å²) in [5.41, 5.74) is 1.44. The van der Waals surface area contributed by atoms with Gasteiger partial charge in [0, 0.05) is 18.7 Å². The molecule has 1 amide bonds. The molecule has 0 aliphatic heterocycles. The number of nitrogens with one attached hydrogen (secondary N) is 2. The van der Waals surface area contributed by atoms with E-state index in [0.717, 1.165) is 0 Å². The van der Waals surface area contributed by atoms with Gasteiger partial charge in [-0.05, 0) is 31.2 Å². The van der Waals surface area contributed by atoms with E-state index in [1.807, 2.05) is 0 Å². The topological polar surface area (TPSA) is 102 Å². The van der Waals surface area contributed by atoms with Crippen LogP contribution in [0.5, 0.6) is 0 Å². The number of carbonyl (C=O) groups is 1. The fraction of sp³-hybridized carbons (Fsp3) is 0.111. The van der Waals surface area contributed by atoms with Gasteiger partial charge in [0.2, 0.25) is 0 Å². The van der Waals surface area contributed by atoms with E-state index in [9.17, 15) is 19.3 Å². The monoisotopic (exact) mass is 369 g/mol. The predicted octanol–water partition coefficient (Wildman–Crippen LogP) is 3.33. The highest BCUT2D eigenvalue weighted by Gasteiger charge is 2.19. The summed E-state index contributed by atoms with van der Waals surface area (Å²) in [5.74, 6) is -0.857. The van der Waals surface area contributed by atoms with E-state index in [1.54, 1.807) is 25.1 Å². The maximum atomic E-state index is 14.0. The number of rotatable bonds is 5. The minimum atomic E-state index is -0.578. The standard InChI is InChI=1S/C18H16FN5O3/c1-11-15(10-21-23(11)16-6-4-3-5-13(16)19)22-14-8-7-12(18(25)20-2)9-17(14)24(26)27/h3-10,22H,1-2H3,(H,20,25). The van der Waals surface area contributed by atoms with Crippen LogP contribution in [0.3, 0.4) is 0 Å². The number of amides is 1. The van der Waals surface area contributed by atoms with Crippen molar-refractivity contribution < 1.29 is 14.1 Å². The SMILES string of the molecule is CNC(=O)c1ccc(Nc2cnn(-c3ccccc3F)c2C)c([N+](=O)[O-])c1. The molecule has 0 unspecified atom stereocenters. The van der Waals surface area contributed by atoms with Crippen molar-refractivity contribution in [2.45, 2.75) is 6.92 Å². The van der Waals surface area contributed by atoms with Crippen molar-refractivity contribution in [1.82, 2.24) is 15.1 Å². The van der Waals surface area contributed by atoms with E-state index < -0.39 is 16.6 Å². The molecule has 27 heavy (non-hydrogen) atoms. The molecule has 1 aromatic heterocycles. The number of nitro groups is 1. The van der Waals surface area contributed by atoms with Crippen LogP contribution in [0.15, 0.2) is 48.7 Å². The van der Waals surface area contributed by atoms with Crippen LogP contribution >= 0.6 is 0 Å². The molecule has 0 radical (unpaired) electrons. The van der Waals surface area contributed by atoms with Crippen LogP contribution in [0.4, 0.5) is 21.5 Å². The minimum Gasteiger partial charge on any atom is -0.355 e. The van der Waals surface area contributed by atoms with Gasteiger partial charge in [-0.15, -0.1) is 0 Å². The smallest absolute Gasteiger partial charge is 0.293 e. The molecule has 3 aromatic rings. The van der Waals surface area contributed by atoms with Gasteiger partial charge in [-0.2, -0.15) is 5.10 Å². The van der Waals surface area contributed by atoms with E-state index in [-0.39, 0.29) is 22.6 Å². The lowest BCUT2D eigenvalue weighted by Crippen LogP contribution is -2.17. The molecule has 0 aliphatic rings. The number of benzene rings is 2. The summed E-state index contributed by atoms with van der Waals surface area (Å²) in [6, 6.07) is 10.3. The molecule has 8 nitrogen and oxygen atoms in total. The summed E-state index contributed by atoms with van der Waals surface area (Å²) in [5, 5.41) is 20.9. The molecule has 1 heterocycles.